The number of aromatic nitrogens is 2. The number of aromatic amines is 1. The maximum Gasteiger partial charge on any atom is 0.116 e. The molecule has 0 radical (unpaired) electrons. The van der Waals surface area contributed by atoms with Gasteiger partial charge in [-0.15, -0.1) is 0 Å². The number of hydrogen-bond donors (Lipinski definition) is 2. The lowest BCUT2D eigenvalue weighted by Crippen LogP contribution is -2.57. The molecule has 1 aromatic heterocycles. The number of nitrogens with one attached hydrogen (secondary N) is 2. The van der Waals surface area contributed by atoms with Gasteiger partial charge in [-0.1, -0.05) is 23.7 Å². The smallest absolute Gasteiger partial charge is 0.116 e. The van der Waals surface area contributed by atoms with Crippen molar-refractivity contribution < 1.29 is 9.47 Å². The van der Waals surface area contributed by atoms with Crippen molar-refractivity contribution in [1.29, 1.82) is 0 Å². The number of nitrogens with zero attached hydrogens (tertiary/aromatic N) is 2. The van der Waals surface area contributed by atoms with Gasteiger partial charge in [-0.05, 0) is 17.7 Å². The molecule has 3 heterocycles. The lowest BCUT2D eigenvalue weighted by Gasteiger charge is -2.41. The largest absolute Gasteiger partial charge is 0.377 e. The molecule has 1 atom stereocenters. The van der Waals surface area contributed by atoms with Gasteiger partial charge >= 0.3 is 0 Å². The summed E-state index contributed by atoms with van der Waals surface area (Å²) in [5, 5.41) is 11.5. The molecule has 6 nitrogen and oxygen atoms in total. The Kier molecular flexibility index (Phi) is 5.05. The molecule has 1 unspecified atom stereocenters. The van der Waals surface area contributed by atoms with E-state index in [1.807, 2.05) is 30.5 Å². The van der Waals surface area contributed by atoms with Crippen LogP contribution in [-0.4, -0.2) is 66.7 Å². The minimum Gasteiger partial charge on any atom is -0.377 e. The highest BCUT2D eigenvalue weighted by molar-refractivity contribution is 6.30. The Morgan fingerprint density at radius 3 is 3.00 bits per heavy atom. The van der Waals surface area contributed by atoms with Crippen LogP contribution in [-0.2, 0) is 16.0 Å². The molecule has 0 bridgehead atoms. The predicted molar refractivity (Wildman–Crippen MR) is 96.7 cm³/mol. The zero-order valence-electron chi connectivity index (χ0n) is 14.1. The lowest BCUT2D eigenvalue weighted by atomic mass is 10.0. The average molecular weight is 363 g/mol. The van der Waals surface area contributed by atoms with E-state index in [9.17, 15) is 0 Å². The maximum absolute atomic E-state index is 6.10. The number of H-pyrrole nitrogens is 1. The molecular weight excluding hydrogens is 340 g/mol. The fraction of sp³-hybridized carbons (Fsp3) is 0.500. The molecule has 4 rings (SSSR count). The van der Waals surface area contributed by atoms with Gasteiger partial charge in [0.05, 0.1) is 31.7 Å². The van der Waals surface area contributed by atoms with Crippen LogP contribution in [0.25, 0.3) is 11.3 Å². The Labute approximate surface area is 152 Å². The molecular formula is C18H23ClN4O2. The van der Waals surface area contributed by atoms with Gasteiger partial charge < -0.3 is 14.8 Å². The molecule has 2 aromatic rings. The van der Waals surface area contributed by atoms with E-state index in [0.29, 0.717) is 6.61 Å². The van der Waals surface area contributed by atoms with Crippen LogP contribution in [0.2, 0.25) is 5.02 Å². The summed E-state index contributed by atoms with van der Waals surface area (Å²) in [6.45, 7) is 6.42. The van der Waals surface area contributed by atoms with Crippen molar-refractivity contribution in [2.75, 3.05) is 46.0 Å². The first-order valence-electron chi connectivity index (χ1n) is 8.67. The number of benzene rings is 1. The number of hydrogen-bond acceptors (Lipinski definition) is 5. The predicted octanol–water partition coefficient (Wildman–Crippen LogP) is 1.92. The summed E-state index contributed by atoms with van der Waals surface area (Å²) in [5.41, 5.74) is 3.08. The molecule has 2 N–H and O–H groups in total. The van der Waals surface area contributed by atoms with Gasteiger partial charge in [0, 0.05) is 43.3 Å². The van der Waals surface area contributed by atoms with E-state index in [2.05, 4.69) is 20.4 Å². The summed E-state index contributed by atoms with van der Waals surface area (Å²) >= 11 is 6.00. The first kappa shape index (κ1) is 17.0. The van der Waals surface area contributed by atoms with Crippen LogP contribution in [0.5, 0.6) is 0 Å². The van der Waals surface area contributed by atoms with Crippen molar-refractivity contribution in [3.8, 4) is 11.3 Å². The van der Waals surface area contributed by atoms with Crippen molar-refractivity contribution in [1.82, 2.24) is 20.4 Å². The fourth-order valence-electron chi connectivity index (χ4n) is 3.56. The lowest BCUT2D eigenvalue weighted by molar-refractivity contribution is -0.135. The zero-order chi connectivity index (χ0) is 17.1. The first-order valence-corrected chi connectivity index (χ1v) is 9.05. The molecule has 0 saturated carbocycles. The van der Waals surface area contributed by atoms with Crippen molar-refractivity contribution in [3.63, 3.8) is 0 Å². The van der Waals surface area contributed by atoms with Crippen molar-refractivity contribution in [3.05, 3.63) is 41.0 Å². The molecule has 25 heavy (non-hydrogen) atoms. The second kappa shape index (κ2) is 7.43. The van der Waals surface area contributed by atoms with E-state index < -0.39 is 0 Å². The van der Waals surface area contributed by atoms with Crippen LogP contribution in [0, 0.1) is 0 Å². The SMILES string of the molecule is Clc1ccc(-c2[nH]ncc2CN2CCOC3(CNCCOC3)C2)cc1. The standard InChI is InChI=1S/C18H23ClN4O2/c19-16-3-1-14(2-4-16)17-15(9-21-22-17)10-23-6-8-25-18(12-23)11-20-5-7-24-13-18/h1-4,9,20H,5-8,10-13H2,(H,21,22). The van der Waals surface area contributed by atoms with Gasteiger partial charge in [-0.2, -0.15) is 5.10 Å². The number of morpholine rings is 1. The summed E-state index contributed by atoms with van der Waals surface area (Å²) in [6.07, 6.45) is 1.91. The highest BCUT2D eigenvalue weighted by atomic mass is 35.5. The zero-order valence-corrected chi connectivity index (χ0v) is 14.9. The monoisotopic (exact) mass is 362 g/mol. The van der Waals surface area contributed by atoms with Gasteiger partial charge in [-0.3, -0.25) is 10.00 Å². The van der Waals surface area contributed by atoms with Gasteiger partial charge in [0.1, 0.15) is 5.60 Å². The van der Waals surface area contributed by atoms with Gasteiger partial charge in [0.2, 0.25) is 0 Å². The topological polar surface area (TPSA) is 62.4 Å². The van der Waals surface area contributed by atoms with Crippen LogP contribution in [0.3, 0.4) is 0 Å². The average Bonchev–Trinajstić information content (AvgIpc) is 2.96. The third kappa shape index (κ3) is 3.88. The van der Waals surface area contributed by atoms with Crippen LogP contribution >= 0.6 is 11.6 Å². The highest BCUT2D eigenvalue weighted by Gasteiger charge is 2.38. The summed E-state index contributed by atoms with van der Waals surface area (Å²) in [5.74, 6) is 0. The molecule has 2 fully saturated rings. The van der Waals surface area contributed by atoms with E-state index in [-0.39, 0.29) is 5.60 Å². The number of ether oxygens (including phenoxy) is 2. The number of rotatable bonds is 3. The molecule has 1 spiro atoms. The van der Waals surface area contributed by atoms with E-state index >= 15 is 0 Å². The Hall–Kier alpha value is -1.44. The van der Waals surface area contributed by atoms with Crippen molar-refractivity contribution >= 4 is 11.6 Å². The van der Waals surface area contributed by atoms with Crippen LogP contribution in [0.4, 0.5) is 0 Å². The molecule has 134 valence electrons. The summed E-state index contributed by atoms with van der Waals surface area (Å²) in [4.78, 5) is 2.42. The summed E-state index contributed by atoms with van der Waals surface area (Å²) in [7, 11) is 0. The summed E-state index contributed by atoms with van der Waals surface area (Å²) in [6, 6.07) is 7.84. The third-order valence-corrected chi connectivity index (χ3v) is 5.06. The van der Waals surface area contributed by atoms with Crippen molar-refractivity contribution in [2.24, 2.45) is 0 Å². The summed E-state index contributed by atoms with van der Waals surface area (Å²) < 4.78 is 11.8. The maximum atomic E-state index is 6.10. The second-order valence-corrected chi connectivity index (χ2v) is 7.19. The Morgan fingerprint density at radius 2 is 2.12 bits per heavy atom. The van der Waals surface area contributed by atoms with E-state index in [1.54, 1.807) is 0 Å². The van der Waals surface area contributed by atoms with Gasteiger partial charge in [0.25, 0.3) is 0 Å². The molecule has 7 heteroatoms. The van der Waals surface area contributed by atoms with Crippen LogP contribution in [0.15, 0.2) is 30.5 Å². The van der Waals surface area contributed by atoms with E-state index in [4.69, 9.17) is 21.1 Å². The first-order chi connectivity index (χ1) is 12.2. The Bertz CT molecular complexity index is 695. The van der Waals surface area contributed by atoms with Crippen LogP contribution < -0.4 is 5.32 Å². The van der Waals surface area contributed by atoms with Gasteiger partial charge in [-0.25, -0.2) is 0 Å². The minimum atomic E-state index is -0.251. The number of halogens is 1. The molecule has 2 saturated heterocycles. The van der Waals surface area contributed by atoms with E-state index in [0.717, 1.165) is 62.2 Å². The normalized spacial score (nSPS) is 25.2. The Morgan fingerprint density at radius 1 is 1.24 bits per heavy atom. The fourth-order valence-corrected chi connectivity index (χ4v) is 3.69. The minimum absolute atomic E-state index is 0.251. The quantitative estimate of drug-likeness (QED) is 0.873. The van der Waals surface area contributed by atoms with Gasteiger partial charge in [0.15, 0.2) is 0 Å². The molecule has 0 aliphatic carbocycles. The second-order valence-electron chi connectivity index (χ2n) is 6.75. The van der Waals surface area contributed by atoms with Crippen LogP contribution in [0.1, 0.15) is 5.56 Å². The van der Waals surface area contributed by atoms with Crippen molar-refractivity contribution in [2.45, 2.75) is 12.1 Å². The molecule has 0 amide bonds. The molecule has 2 aliphatic heterocycles. The Balaban J connectivity index is 1.49. The highest BCUT2D eigenvalue weighted by Crippen LogP contribution is 2.26. The molecule has 1 aromatic carbocycles. The third-order valence-electron chi connectivity index (χ3n) is 4.81. The molecule has 2 aliphatic rings. The van der Waals surface area contributed by atoms with E-state index in [1.165, 1.54) is 5.56 Å².